The summed E-state index contributed by atoms with van der Waals surface area (Å²) in [5, 5.41) is 8.87. The highest BCUT2D eigenvalue weighted by Crippen LogP contribution is 2.24. The second kappa shape index (κ2) is 5.82. The lowest BCUT2D eigenvalue weighted by Crippen LogP contribution is -2.14. The summed E-state index contributed by atoms with van der Waals surface area (Å²) in [6, 6.07) is 2.15. The van der Waals surface area contributed by atoms with Crippen LogP contribution in [0.5, 0.6) is 0 Å². The van der Waals surface area contributed by atoms with E-state index in [2.05, 4.69) is 63.8 Å². The van der Waals surface area contributed by atoms with Crippen LogP contribution in [0.4, 0.5) is 0 Å². The molecule has 0 aliphatic rings. The van der Waals surface area contributed by atoms with E-state index in [1.54, 1.807) is 22.7 Å². The average molecular weight is 345 g/mol. The number of thiophene rings is 1. The van der Waals surface area contributed by atoms with Gasteiger partial charge < -0.3 is 5.32 Å². The largest absolute Gasteiger partial charge is 0.306 e. The normalized spacial score (nSPS) is 12.0. The van der Waals surface area contributed by atoms with Crippen molar-refractivity contribution in [2.24, 2.45) is 0 Å². The Kier molecular flexibility index (Phi) is 4.59. The molecule has 2 aromatic heterocycles. The number of halogens is 1. The van der Waals surface area contributed by atoms with Crippen molar-refractivity contribution in [2.45, 2.75) is 39.3 Å². The van der Waals surface area contributed by atoms with Gasteiger partial charge in [-0.2, -0.15) is 0 Å². The van der Waals surface area contributed by atoms with Crippen LogP contribution in [-0.2, 0) is 18.5 Å². The minimum Gasteiger partial charge on any atom is -0.306 e. The number of hydrogen-bond acceptors (Lipinski definition) is 4. The Morgan fingerprint density at radius 1 is 1.22 bits per heavy atom. The standard InChI is InChI=1S/C13H17BrN2S2/c1-13(2,3)11-8-18-12(16-11)6-15-5-10-4-9(14)7-17-10/h4,7-8,15H,5-6H2,1-3H3. The van der Waals surface area contributed by atoms with Gasteiger partial charge in [-0.05, 0) is 22.0 Å². The van der Waals surface area contributed by atoms with Gasteiger partial charge in [-0.3, -0.25) is 0 Å². The van der Waals surface area contributed by atoms with Crippen molar-refractivity contribution in [3.05, 3.63) is 36.9 Å². The SMILES string of the molecule is CC(C)(C)c1csc(CNCc2cc(Br)cs2)n1. The molecule has 0 saturated carbocycles. The van der Waals surface area contributed by atoms with Gasteiger partial charge in [-0.1, -0.05) is 20.8 Å². The van der Waals surface area contributed by atoms with Gasteiger partial charge >= 0.3 is 0 Å². The van der Waals surface area contributed by atoms with E-state index in [4.69, 9.17) is 0 Å². The molecular formula is C13H17BrN2S2. The summed E-state index contributed by atoms with van der Waals surface area (Å²) in [5.74, 6) is 0. The van der Waals surface area contributed by atoms with E-state index in [1.165, 1.54) is 10.6 Å². The first-order valence-electron chi connectivity index (χ1n) is 5.83. The van der Waals surface area contributed by atoms with E-state index in [9.17, 15) is 0 Å². The minimum atomic E-state index is 0.146. The maximum Gasteiger partial charge on any atom is 0.107 e. The van der Waals surface area contributed by atoms with E-state index < -0.39 is 0 Å². The third-order valence-electron chi connectivity index (χ3n) is 2.52. The predicted molar refractivity (Wildman–Crippen MR) is 83.4 cm³/mol. The molecule has 0 unspecified atom stereocenters. The lowest BCUT2D eigenvalue weighted by Gasteiger charge is -2.14. The fraction of sp³-hybridized carbons (Fsp3) is 0.462. The van der Waals surface area contributed by atoms with Crippen molar-refractivity contribution in [2.75, 3.05) is 0 Å². The molecule has 98 valence electrons. The van der Waals surface area contributed by atoms with Gasteiger partial charge in [0.1, 0.15) is 5.01 Å². The molecule has 2 heterocycles. The molecule has 0 atom stereocenters. The Bertz CT molecular complexity index is 511. The van der Waals surface area contributed by atoms with Crippen LogP contribution >= 0.6 is 38.6 Å². The predicted octanol–water partition coefficient (Wildman–Crippen LogP) is 4.55. The van der Waals surface area contributed by atoms with Crippen molar-refractivity contribution in [1.29, 1.82) is 0 Å². The molecule has 0 fully saturated rings. The molecule has 0 aliphatic carbocycles. The number of rotatable bonds is 4. The fourth-order valence-corrected chi connectivity index (χ4v) is 3.89. The summed E-state index contributed by atoms with van der Waals surface area (Å²) in [5.41, 5.74) is 1.33. The monoisotopic (exact) mass is 344 g/mol. The number of nitrogens with zero attached hydrogens (tertiary/aromatic N) is 1. The van der Waals surface area contributed by atoms with Crippen molar-refractivity contribution >= 4 is 38.6 Å². The van der Waals surface area contributed by atoms with Crippen LogP contribution in [0.15, 0.2) is 21.3 Å². The number of aromatic nitrogens is 1. The van der Waals surface area contributed by atoms with Crippen molar-refractivity contribution in [3.8, 4) is 0 Å². The van der Waals surface area contributed by atoms with Crippen molar-refractivity contribution < 1.29 is 0 Å². The van der Waals surface area contributed by atoms with E-state index in [-0.39, 0.29) is 5.41 Å². The highest BCUT2D eigenvalue weighted by atomic mass is 79.9. The number of thiazole rings is 1. The van der Waals surface area contributed by atoms with Gasteiger partial charge in [0, 0.05) is 38.6 Å². The summed E-state index contributed by atoms with van der Waals surface area (Å²) >= 11 is 6.97. The maximum absolute atomic E-state index is 4.67. The van der Waals surface area contributed by atoms with Crippen molar-refractivity contribution in [3.63, 3.8) is 0 Å². The van der Waals surface area contributed by atoms with Gasteiger partial charge in [0.25, 0.3) is 0 Å². The Morgan fingerprint density at radius 2 is 2.00 bits per heavy atom. The zero-order valence-electron chi connectivity index (χ0n) is 10.8. The topological polar surface area (TPSA) is 24.9 Å². The second-order valence-electron chi connectivity index (χ2n) is 5.21. The molecule has 2 aromatic rings. The lowest BCUT2D eigenvalue weighted by atomic mass is 9.93. The molecule has 5 heteroatoms. The van der Waals surface area contributed by atoms with Crippen LogP contribution in [0.3, 0.4) is 0 Å². The summed E-state index contributed by atoms with van der Waals surface area (Å²) < 4.78 is 1.16. The van der Waals surface area contributed by atoms with Crippen LogP contribution in [-0.4, -0.2) is 4.98 Å². The van der Waals surface area contributed by atoms with E-state index in [0.717, 1.165) is 22.6 Å². The van der Waals surface area contributed by atoms with Crippen LogP contribution in [0.1, 0.15) is 36.3 Å². The van der Waals surface area contributed by atoms with Crippen LogP contribution in [0, 0.1) is 0 Å². The Morgan fingerprint density at radius 3 is 2.56 bits per heavy atom. The average Bonchev–Trinajstić information content (AvgIpc) is 2.87. The van der Waals surface area contributed by atoms with E-state index in [1.807, 2.05) is 0 Å². The quantitative estimate of drug-likeness (QED) is 0.879. The fourth-order valence-electron chi connectivity index (χ4n) is 1.48. The Hall–Kier alpha value is -0.230. The third-order valence-corrected chi connectivity index (χ3v) is 5.06. The summed E-state index contributed by atoms with van der Waals surface area (Å²) in [7, 11) is 0. The summed E-state index contributed by atoms with van der Waals surface area (Å²) in [4.78, 5) is 6.01. The minimum absolute atomic E-state index is 0.146. The maximum atomic E-state index is 4.67. The van der Waals surface area contributed by atoms with Gasteiger partial charge in [0.2, 0.25) is 0 Å². The molecule has 0 bridgehead atoms. The van der Waals surface area contributed by atoms with Gasteiger partial charge in [0.05, 0.1) is 5.69 Å². The van der Waals surface area contributed by atoms with Gasteiger partial charge in [-0.25, -0.2) is 4.98 Å². The summed E-state index contributed by atoms with van der Waals surface area (Å²) in [6.07, 6.45) is 0. The number of hydrogen-bond donors (Lipinski definition) is 1. The lowest BCUT2D eigenvalue weighted by molar-refractivity contribution is 0.568. The van der Waals surface area contributed by atoms with Gasteiger partial charge in [0.15, 0.2) is 0 Å². The molecule has 0 saturated heterocycles. The van der Waals surface area contributed by atoms with Crippen molar-refractivity contribution in [1.82, 2.24) is 10.3 Å². The molecule has 0 radical (unpaired) electrons. The first-order chi connectivity index (χ1) is 8.45. The highest BCUT2D eigenvalue weighted by molar-refractivity contribution is 9.10. The molecule has 2 rings (SSSR count). The molecule has 18 heavy (non-hydrogen) atoms. The molecule has 0 aromatic carbocycles. The van der Waals surface area contributed by atoms with Crippen LogP contribution in [0.25, 0.3) is 0 Å². The number of nitrogens with one attached hydrogen (secondary N) is 1. The molecule has 1 N–H and O–H groups in total. The zero-order chi connectivity index (χ0) is 13.2. The van der Waals surface area contributed by atoms with E-state index >= 15 is 0 Å². The van der Waals surface area contributed by atoms with Crippen LogP contribution in [0.2, 0.25) is 0 Å². The summed E-state index contributed by atoms with van der Waals surface area (Å²) in [6.45, 7) is 8.34. The Labute approximate surface area is 125 Å². The second-order valence-corrected chi connectivity index (χ2v) is 8.07. The van der Waals surface area contributed by atoms with Crippen LogP contribution < -0.4 is 5.32 Å². The zero-order valence-corrected chi connectivity index (χ0v) is 14.0. The highest BCUT2D eigenvalue weighted by Gasteiger charge is 2.17. The smallest absolute Gasteiger partial charge is 0.107 e. The third kappa shape index (κ3) is 3.88. The molecule has 0 amide bonds. The van der Waals surface area contributed by atoms with E-state index in [0.29, 0.717) is 0 Å². The molecular weight excluding hydrogens is 328 g/mol. The first-order valence-corrected chi connectivity index (χ1v) is 8.39. The van der Waals surface area contributed by atoms with Gasteiger partial charge in [-0.15, -0.1) is 22.7 Å². The first kappa shape index (κ1) is 14.2. The molecule has 2 nitrogen and oxygen atoms in total. The molecule has 0 spiro atoms. The Balaban J connectivity index is 1.85. The molecule has 0 aliphatic heterocycles.